The molecule has 0 saturated heterocycles. The highest BCUT2D eigenvalue weighted by Crippen LogP contribution is 2.23. The van der Waals surface area contributed by atoms with Gasteiger partial charge in [0.25, 0.3) is 0 Å². The molecule has 1 aliphatic carbocycles. The van der Waals surface area contributed by atoms with E-state index in [-0.39, 0.29) is 0 Å². The molecule has 118 valence electrons. The zero-order valence-corrected chi connectivity index (χ0v) is 13.5. The van der Waals surface area contributed by atoms with Crippen LogP contribution in [0.5, 0.6) is 0 Å². The number of hydrogen-bond donors (Lipinski definition) is 2. The van der Waals surface area contributed by atoms with Crippen molar-refractivity contribution in [1.29, 1.82) is 0 Å². The van der Waals surface area contributed by atoms with E-state index in [0.29, 0.717) is 11.1 Å². The van der Waals surface area contributed by atoms with E-state index in [0.717, 1.165) is 34.5 Å². The molecular weight excluding hydrogens is 310 g/mol. The Balaban J connectivity index is 1.50. The van der Waals surface area contributed by atoms with Crippen molar-refractivity contribution in [1.82, 2.24) is 19.9 Å². The lowest BCUT2D eigenvalue weighted by molar-refractivity contribution is 0.743. The number of fused-ring (bicyclic) bond motifs is 1. The highest BCUT2D eigenvalue weighted by molar-refractivity contribution is 6.31. The lowest BCUT2D eigenvalue weighted by atomic mass is 10.1. The second kappa shape index (κ2) is 6.16. The highest BCUT2D eigenvalue weighted by atomic mass is 35.5. The number of hydrogen-bond acceptors (Lipinski definition) is 4. The van der Waals surface area contributed by atoms with E-state index in [1.165, 1.54) is 25.7 Å². The second-order valence-electron chi connectivity index (χ2n) is 6.08. The molecule has 0 radical (unpaired) electrons. The van der Waals surface area contributed by atoms with Gasteiger partial charge in [0.15, 0.2) is 0 Å². The number of aromatic nitrogens is 4. The summed E-state index contributed by atoms with van der Waals surface area (Å²) in [4.78, 5) is 16.4. The van der Waals surface area contributed by atoms with Gasteiger partial charge in [-0.25, -0.2) is 15.0 Å². The van der Waals surface area contributed by atoms with E-state index in [4.69, 9.17) is 11.6 Å². The van der Waals surface area contributed by atoms with Crippen LogP contribution in [0, 0.1) is 0 Å². The van der Waals surface area contributed by atoms with Crippen LogP contribution in [-0.4, -0.2) is 26.0 Å². The summed E-state index contributed by atoms with van der Waals surface area (Å²) >= 11 is 6.04. The van der Waals surface area contributed by atoms with Crippen LogP contribution >= 0.6 is 11.6 Å². The predicted octanol–water partition coefficient (Wildman–Crippen LogP) is 3.95. The van der Waals surface area contributed by atoms with Gasteiger partial charge in [-0.1, -0.05) is 24.4 Å². The molecule has 6 heteroatoms. The van der Waals surface area contributed by atoms with E-state index in [2.05, 4.69) is 25.3 Å². The zero-order chi connectivity index (χ0) is 15.6. The lowest BCUT2D eigenvalue weighted by Gasteiger charge is -2.11. The summed E-state index contributed by atoms with van der Waals surface area (Å²) in [6, 6.07) is 2.47. The lowest BCUT2D eigenvalue weighted by Crippen LogP contribution is -2.16. The van der Waals surface area contributed by atoms with Gasteiger partial charge in [0, 0.05) is 42.6 Å². The first-order valence-electron chi connectivity index (χ1n) is 7.97. The molecule has 0 atom stereocenters. The van der Waals surface area contributed by atoms with Gasteiger partial charge in [0.2, 0.25) is 5.95 Å². The van der Waals surface area contributed by atoms with Crippen molar-refractivity contribution in [2.75, 3.05) is 5.32 Å². The van der Waals surface area contributed by atoms with Gasteiger partial charge in [0.05, 0.1) is 5.02 Å². The molecule has 4 rings (SSSR count). The minimum Gasteiger partial charge on any atom is -0.351 e. The van der Waals surface area contributed by atoms with Gasteiger partial charge >= 0.3 is 0 Å². The summed E-state index contributed by atoms with van der Waals surface area (Å²) in [7, 11) is 0. The largest absolute Gasteiger partial charge is 0.351 e. The molecule has 5 nitrogen and oxygen atoms in total. The average Bonchev–Trinajstić information content (AvgIpc) is 3.20. The van der Waals surface area contributed by atoms with Crippen LogP contribution in [0.15, 0.2) is 30.9 Å². The molecule has 3 heterocycles. The van der Waals surface area contributed by atoms with Crippen molar-refractivity contribution in [3.63, 3.8) is 0 Å². The second-order valence-corrected chi connectivity index (χ2v) is 6.52. The topological polar surface area (TPSA) is 66.5 Å². The van der Waals surface area contributed by atoms with Crippen molar-refractivity contribution in [2.24, 2.45) is 0 Å². The van der Waals surface area contributed by atoms with E-state index in [9.17, 15) is 0 Å². The summed E-state index contributed by atoms with van der Waals surface area (Å²) in [6.45, 7) is 0. The van der Waals surface area contributed by atoms with Crippen LogP contribution in [0.1, 0.15) is 36.8 Å². The monoisotopic (exact) mass is 327 g/mol. The van der Waals surface area contributed by atoms with Crippen molar-refractivity contribution in [3.8, 4) is 0 Å². The summed E-state index contributed by atoms with van der Waals surface area (Å²) in [5.74, 6) is 0.726. The standard InChI is InChI=1S/C17H18ClN5/c18-13-6-15-12(9-19-16(15)20-10-13)5-11-7-21-17(22-8-11)23-14-3-1-2-4-14/h6-10,14H,1-5H2,(H,19,20)(H,21,22,23). The Kier molecular flexibility index (Phi) is 3.87. The van der Waals surface area contributed by atoms with E-state index < -0.39 is 0 Å². The number of pyridine rings is 1. The first-order valence-corrected chi connectivity index (χ1v) is 8.35. The Morgan fingerprint density at radius 2 is 1.91 bits per heavy atom. The third-order valence-electron chi connectivity index (χ3n) is 4.37. The number of rotatable bonds is 4. The number of nitrogens with one attached hydrogen (secondary N) is 2. The van der Waals surface area contributed by atoms with E-state index in [1.54, 1.807) is 6.20 Å². The van der Waals surface area contributed by atoms with Crippen molar-refractivity contribution >= 4 is 28.6 Å². The number of halogens is 1. The molecule has 1 aliphatic rings. The Labute approximate surface area is 139 Å². The molecule has 0 amide bonds. The summed E-state index contributed by atoms with van der Waals surface area (Å²) in [5, 5.41) is 5.10. The number of nitrogens with zero attached hydrogens (tertiary/aromatic N) is 3. The Morgan fingerprint density at radius 1 is 1.13 bits per heavy atom. The average molecular weight is 328 g/mol. The van der Waals surface area contributed by atoms with E-state index >= 15 is 0 Å². The van der Waals surface area contributed by atoms with Gasteiger partial charge in [-0.2, -0.15) is 0 Å². The number of anilines is 1. The van der Waals surface area contributed by atoms with Crippen LogP contribution in [0.3, 0.4) is 0 Å². The third-order valence-corrected chi connectivity index (χ3v) is 4.58. The molecule has 0 aromatic carbocycles. The Morgan fingerprint density at radius 3 is 2.70 bits per heavy atom. The van der Waals surface area contributed by atoms with Crippen LogP contribution in [0.25, 0.3) is 11.0 Å². The smallest absolute Gasteiger partial charge is 0.222 e. The normalized spacial score (nSPS) is 15.3. The maximum atomic E-state index is 6.04. The first kappa shape index (κ1) is 14.5. The molecule has 0 aliphatic heterocycles. The van der Waals surface area contributed by atoms with Crippen molar-refractivity contribution < 1.29 is 0 Å². The third kappa shape index (κ3) is 3.15. The van der Waals surface area contributed by atoms with Crippen LogP contribution in [0.4, 0.5) is 5.95 Å². The predicted molar refractivity (Wildman–Crippen MR) is 91.8 cm³/mol. The molecule has 0 unspecified atom stereocenters. The summed E-state index contributed by atoms with van der Waals surface area (Å²) in [6.07, 6.45) is 13.2. The van der Waals surface area contributed by atoms with Crippen LogP contribution in [0.2, 0.25) is 5.02 Å². The minimum atomic E-state index is 0.530. The zero-order valence-electron chi connectivity index (χ0n) is 12.7. The molecule has 3 aromatic rings. The van der Waals surface area contributed by atoms with Gasteiger partial charge in [0.1, 0.15) is 5.65 Å². The fourth-order valence-corrected chi connectivity index (χ4v) is 3.33. The molecule has 0 bridgehead atoms. The van der Waals surface area contributed by atoms with Gasteiger partial charge in [-0.3, -0.25) is 0 Å². The molecule has 2 N–H and O–H groups in total. The number of aromatic amines is 1. The molecule has 23 heavy (non-hydrogen) atoms. The van der Waals surface area contributed by atoms with Crippen LogP contribution < -0.4 is 5.32 Å². The van der Waals surface area contributed by atoms with Gasteiger partial charge < -0.3 is 10.3 Å². The van der Waals surface area contributed by atoms with Crippen molar-refractivity contribution in [3.05, 3.63) is 47.0 Å². The fraction of sp³-hybridized carbons (Fsp3) is 0.353. The summed E-state index contributed by atoms with van der Waals surface area (Å²) in [5.41, 5.74) is 3.07. The molecule has 0 spiro atoms. The quantitative estimate of drug-likeness (QED) is 0.761. The maximum absolute atomic E-state index is 6.04. The minimum absolute atomic E-state index is 0.530. The first-order chi connectivity index (χ1) is 11.3. The fourth-order valence-electron chi connectivity index (χ4n) is 3.17. The Hall–Kier alpha value is -2.14. The number of H-pyrrole nitrogens is 1. The molecule has 1 fully saturated rings. The molecule has 1 saturated carbocycles. The van der Waals surface area contributed by atoms with Crippen molar-refractivity contribution in [2.45, 2.75) is 38.1 Å². The van der Waals surface area contributed by atoms with E-state index in [1.807, 2.05) is 24.7 Å². The van der Waals surface area contributed by atoms with Gasteiger partial charge in [-0.15, -0.1) is 0 Å². The van der Waals surface area contributed by atoms with Gasteiger partial charge in [-0.05, 0) is 30.0 Å². The molecule has 3 aromatic heterocycles. The Bertz CT molecular complexity index is 805. The van der Waals surface area contributed by atoms with Crippen LogP contribution in [-0.2, 0) is 6.42 Å². The molecular formula is C17H18ClN5. The summed E-state index contributed by atoms with van der Waals surface area (Å²) < 4.78 is 0. The highest BCUT2D eigenvalue weighted by Gasteiger charge is 2.15. The maximum Gasteiger partial charge on any atom is 0.222 e. The SMILES string of the molecule is Clc1cnc2[nH]cc(Cc3cnc(NC4CCCC4)nc3)c2c1.